The summed E-state index contributed by atoms with van der Waals surface area (Å²) in [5.74, 6) is -4.36. The third-order valence-electron chi connectivity index (χ3n) is 5.43. The lowest BCUT2D eigenvalue weighted by Crippen LogP contribution is -2.58. The molecule has 1 atom stereocenters. The van der Waals surface area contributed by atoms with Crippen molar-refractivity contribution in [2.45, 2.75) is 19.8 Å². The van der Waals surface area contributed by atoms with E-state index in [-0.39, 0.29) is 23.3 Å². The fraction of sp³-hybridized carbons (Fsp3) is 0.263. The maximum atomic E-state index is 13.3. The molecule has 0 saturated carbocycles. The van der Waals surface area contributed by atoms with Gasteiger partial charge in [0, 0.05) is 13.8 Å². The van der Waals surface area contributed by atoms with Crippen LogP contribution in [0.3, 0.4) is 0 Å². The summed E-state index contributed by atoms with van der Waals surface area (Å²) in [4.78, 5) is 41.3. The lowest BCUT2D eigenvalue weighted by atomic mass is 9.82. The molecule has 4 amide bonds. The van der Waals surface area contributed by atoms with Crippen molar-refractivity contribution in [1.29, 1.82) is 0 Å². The number of nitrogens with zero attached hydrogens (tertiary/aromatic N) is 4. The van der Waals surface area contributed by atoms with Crippen LogP contribution in [0, 0.1) is 25.0 Å². The van der Waals surface area contributed by atoms with E-state index in [9.17, 15) is 24.7 Å². The number of imide groups is 2. The van der Waals surface area contributed by atoms with Crippen molar-refractivity contribution in [3.8, 4) is 17.4 Å². The van der Waals surface area contributed by atoms with Crippen LogP contribution in [0.1, 0.15) is 28.7 Å². The van der Waals surface area contributed by atoms with E-state index in [2.05, 4.69) is 25.8 Å². The van der Waals surface area contributed by atoms with Crippen molar-refractivity contribution in [3.05, 3.63) is 52.5 Å². The van der Waals surface area contributed by atoms with Crippen molar-refractivity contribution >= 4 is 17.8 Å². The number of aromatic amines is 1. The zero-order valence-corrected chi connectivity index (χ0v) is 17.2. The Kier molecular flexibility index (Phi) is 5.00. The predicted octanol–water partition coefficient (Wildman–Crippen LogP) is -0.326. The molecule has 2 aromatic heterocycles. The van der Waals surface area contributed by atoms with Crippen LogP contribution < -0.4 is 20.1 Å². The first-order valence-electron chi connectivity index (χ1n) is 9.44. The number of barbiturate groups is 1. The van der Waals surface area contributed by atoms with Gasteiger partial charge in [-0.1, -0.05) is 6.07 Å². The Bertz CT molecular complexity index is 1210. The monoisotopic (exact) mass is 441 g/mol. The molecule has 1 aliphatic rings. The smallest absolute Gasteiger partial charge is 0.328 e. The van der Waals surface area contributed by atoms with Gasteiger partial charge in [0.2, 0.25) is 11.8 Å². The summed E-state index contributed by atoms with van der Waals surface area (Å²) in [5, 5.41) is 33.9. The minimum atomic E-state index is -1.49. The molecule has 1 aromatic carbocycles. The Hall–Kier alpha value is -4.42. The van der Waals surface area contributed by atoms with Crippen LogP contribution >= 0.6 is 0 Å². The van der Waals surface area contributed by atoms with Crippen LogP contribution in [0.4, 0.5) is 4.79 Å². The molecule has 0 aliphatic carbocycles. The van der Waals surface area contributed by atoms with Crippen LogP contribution in [0.15, 0.2) is 24.5 Å². The number of carbonyl (C=O) groups is 3. The minimum absolute atomic E-state index is 0.0193. The largest absolute Gasteiger partial charge is 0.711 e. The quantitative estimate of drug-likeness (QED) is 0.236. The number of benzene rings is 1. The zero-order valence-electron chi connectivity index (χ0n) is 17.2. The fourth-order valence-corrected chi connectivity index (χ4v) is 3.79. The Morgan fingerprint density at radius 3 is 2.50 bits per heavy atom. The highest BCUT2D eigenvalue weighted by atomic mass is 16.5. The molecule has 4 N–H and O–H groups in total. The van der Waals surface area contributed by atoms with Crippen LogP contribution in [0.5, 0.6) is 11.5 Å². The average molecular weight is 441 g/mol. The maximum absolute atomic E-state index is 13.3. The highest BCUT2D eigenvalue weighted by molar-refractivity contribution is 6.16. The van der Waals surface area contributed by atoms with Gasteiger partial charge in [-0.25, -0.2) is 14.6 Å². The van der Waals surface area contributed by atoms with Crippen molar-refractivity contribution in [2.24, 2.45) is 5.92 Å². The zero-order chi connectivity index (χ0) is 23.2. The van der Waals surface area contributed by atoms with E-state index in [1.807, 2.05) is 0 Å². The van der Waals surface area contributed by atoms with Gasteiger partial charge in [0.15, 0.2) is 17.2 Å². The summed E-state index contributed by atoms with van der Waals surface area (Å²) >= 11 is 0. The van der Waals surface area contributed by atoms with Crippen LogP contribution in [-0.2, 0) is 9.59 Å². The molecule has 0 radical (unpaired) electrons. The third-order valence-corrected chi connectivity index (χ3v) is 5.43. The molecule has 13 nitrogen and oxygen atoms in total. The number of nitrogens with one attached hydrogen (secondary N) is 3. The number of aromatic nitrogens is 5. The molecule has 0 bridgehead atoms. The van der Waals surface area contributed by atoms with E-state index < -0.39 is 29.7 Å². The van der Waals surface area contributed by atoms with Gasteiger partial charge < -0.3 is 15.1 Å². The molecular formula is C19H19N7O6. The standard InChI is InChI=1S/C19H19N7O6/c1-8-9(2)26(31)17(25(8)18-20-7-21-24-18)13(10-4-5-11(27)12(6-10)32-3)14-15(28)22-19(30)23-16(14)29/h4-7,13-14,27H,1-3H3,(H,20,21,24)(H2,22,23,28,29,30)/t13-/m0/s1. The number of hydrogen-bond acceptors (Lipinski definition) is 8. The number of rotatable bonds is 5. The number of imidazole rings is 1. The molecule has 0 unspecified atom stereocenters. The number of H-pyrrole nitrogens is 1. The van der Waals surface area contributed by atoms with E-state index >= 15 is 0 Å². The molecule has 1 aliphatic heterocycles. The highest BCUT2D eigenvalue weighted by Gasteiger charge is 2.48. The number of aromatic hydroxyl groups is 1. The molecule has 13 heteroatoms. The van der Waals surface area contributed by atoms with Gasteiger partial charge in [-0.3, -0.25) is 20.2 Å². The summed E-state index contributed by atoms with van der Waals surface area (Å²) < 4.78 is 7.22. The third kappa shape index (κ3) is 3.19. The number of phenols is 1. The molecule has 32 heavy (non-hydrogen) atoms. The molecular weight excluding hydrogens is 422 g/mol. The molecule has 1 saturated heterocycles. The first-order valence-corrected chi connectivity index (χ1v) is 9.44. The van der Waals surface area contributed by atoms with Crippen molar-refractivity contribution in [3.63, 3.8) is 0 Å². The second-order valence-electron chi connectivity index (χ2n) is 7.16. The first-order chi connectivity index (χ1) is 15.2. The molecule has 166 valence electrons. The first kappa shape index (κ1) is 20.8. The van der Waals surface area contributed by atoms with Gasteiger partial charge in [-0.2, -0.15) is 14.6 Å². The lowest BCUT2D eigenvalue weighted by Gasteiger charge is -2.27. The van der Waals surface area contributed by atoms with Crippen LogP contribution in [0.25, 0.3) is 5.95 Å². The number of phenolic OH excluding ortho intramolecular Hbond substituents is 1. The summed E-state index contributed by atoms with van der Waals surface area (Å²) in [7, 11) is 1.34. The Labute approximate surface area is 180 Å². The second-order valence-corrected chi connectivity index (χ2v) is 7.16. The van der Waals surface area contributed by atoms with Crippen molar-refractivity contribution in [1.82, 2.24) is 30.4 Å². The number of urea groups is 1. The topological polar surface area (TPSA) is 178 Å². The van der Waals surface area contributed by atoms with E-state index in [1.165, 1.54) is 36.2 Å². The van der Waals surface area contributed by atoms with Crippen LogP contribution in [0.2, 0.25) is 0 Å². The van der Waals surface area contributed by atoms with Crippen molar-refractivity contribution < 1.29 is 29.0 Å². The number of ether oxygens (including phenoxy) is 1. The molecule has 1 fully saturated rings. The Morgan fingerprint density at radius 2 is 1.91 bits per heavy atom. The Morgan fingerprint density at radius 1 is 1.22 bits per heavy atom. The number of hydrogen-bond donors (Lipinski definition) is 4. The fourth-order valence-electron chi connectivity index (χ4n) is 3.79. The van der Waals surface area contributed by atoms with Crippen molar-refractivity contribution in [2.75, 3.05) is 7.11 Å². The molecule has 3 aromatic rings. The van der Waals surface area contributed by atoms with Gasteiger partial charge in [-0.05, 0) is 17.7 Å². The summed E-state index contributed by atoms with van der Waals surface area (Å²) in [6, 6.07) is 3.24. The normalized spacial score (nSPS) is 15.4. The van der Waals surface area contributed by atoms with E-state index in [4.69, 9.17) is 4.74 Å². The number of carbonyl (C=O) groups excluding carboxylic acids is 3. The van der Waals surface area contributed by atoms with Gasteiger partial charge >= 0.3 is 12.0 Å². The second kappa shape index (κ2) is 7.68. The molecule has 0 spiro atoms. The number of amides is 4. The molecule has 4 rings (SSSR count). The summed E-state index contributed by atoms with van der Waals surface area (Å²) in [6.07, 6.45) is 1.25. The number of methoxy groups -OCH3 is 1. The minimum Gasteiger partial charge on any atom is -0.711 e. The average Bonchev–Trinajstić information content (AvgIpc) is 3.34. The summed E-state index contributed by atoms with van der Waals surface area (Å²) in [5.41, 5.74) is 1.11. The molecule has 3 heterocycles. The van der Waals surface area contributed by atoms with E-state index in [1.54, 1.807) is 13.8 Å². The van der Waals surface area contributed by atoms with Crippen LogP contribution in [-0.4, -0.2) is 49.8 Å². The lowest BCUT2D eigenvalue weighted by molar-refractivity contribution is -0.621. The van der Waals surface area contributed by atoms with Gasteiger partial charge in [0.05, 0.1) is 7.11 Å². The van der Waals surface area contributed by atoms with E-state index in [0.29, 0.717) is 21.7 Å². The van der Waals surface area contributed by atoms with E-state index in [0.717, 1.165) is 0 Å². The van der Waals surface area contributed by atoms with Gasteiger partial charge in [0.1, 0.15) is 23.9 Å². The van der Waals surface area contributed by atoms with Gasteiger partial charge in [-0.15, -0.1) is 0 Å². The summed E-state index contributed by atoms with van der Waals surface area (Å²) in [6.45, 7) is 3.26. The SMILES string of the molecule is COc1cc([C@H](c2n(-c3ncn[nH]3)c(C)c(C)[n+]2[O-])C2C(=O)NC(=O)NC2=O)ccc1O. The Balaban J connectivity index is 2.02. The van der Waals surface area contributed by atoms with Gasteiger partial charge in [0.25, 0.3) is 5.82 Å². The highest BCUT2D eigenvalue weighted by Crippen LogP contribution is 2.38. The maximum Gasteiger partial charge on any atom is 0.328 e. The predicted molar refractivity (Wildman–Crippen MR) is 106 cm³/mol.